The van der Waals surface area contributed by atoms with Crippen LogP contribution in [0.4, 0.5) is 0 Å². The SMILES string of the molecule is O=C1c2ccccc2C(=O)c2cc(-c3ccc(-c4nc5c6ccc(-c7ccc(CO)cc7)cc6c6cc(-c7ccc(CO)cc7)ccc6c5n4-c4ccccc4)cc3)ccc21. The van der Waals surface area contributed by atoms with Crippen molar-refractivity contribution in [3.63, 3.8) is 0 Å². The van der Waals surface area contributed by atoms with Gasteiger partial charge in [0.2, 0.25) is 0 Å². The van der Waals surface area contributed by atoms with Crippen LogP contribution < -0.4 is 0 Å². The Balaban J connectivity index is 1.10. The van der Waals surface area contributed by atoms with Gasteiger partial charge in [-0.15, -0.1) is 0 Å². The molecule has 10 aromatic rings. The molecule has 0 saturated heterocycles. The molecule has 0 radical (unpaired) electrons. The second kappa shape index (κ2) is 14.5. The van der Waals surface area contributed by atoms with Crippen LogP contribution in [0, 0.1) is 0 Å². The Bertz CT molecular complexity index is 3390. The van der Waals surface area contributed by atoms with Crippen molar-refractivity contribution in [2.75, 3.05) is 0 Å². The maximum Gasteiger partial charge on any atom is 0.194 e. The van der Waals surface area contributed by atoms with E-state index >= 15 is 0 Å². The minimum absolute atomic E-state index is 0.00946. The predicted octanol–water partition coefficient (Wildman–Crippen LogP) is 11.8. The van der Waals surface area contributed by atoms with Crippen LogP contribution in [0.2, 0.25) is 0 Å². The van der Waals surface area contributed by atoms with Crippen molar-refractivity contribution in [1.82, 2.24) is 9.55 Å². The molecule has 0 saturated carbocycles. The standard InChI is InChI=1S/C55H36N2O4/c58-31-33-10-14-35(15-11-33)39-22-25-43-48(28-39)49-29-40(36-16-12-34(32-59)13-17-36)23-26-44(49)52-51(43)56-55(57(52)42-6-2-1-3-7-42)38-20-18-37(19-21-38)41-24-27-47-50(30-41)54(61)46-9-5-4-8-45(46)53(47)60/h1-30,58-59H,31-32H2. The van der Waals surface area contributed by atoms with Crippen LogP contribution in [-0.4, -0.2) is 31.3 Å². The Morgan fingerprint density at radius 1 is 0.393 bits per heavy atom. The molecule has 0 aliphatic heterocycles. The van der Waals surface area contributed by atoms with E-state index in [1.54, 1.807) is 30.3 Å². The van der Waals surface area contributed by atoms with Gasteiger partial charge in [0, 0.05) is 44.3 Å². The fraction of sp³-hybridized carbons (Fsp3) is 0.0364. The van der Waals surface area contributed by atoms with Gasteiger partial charge in [-0.2, -0.15) is 0 Å². The van der Waals surface area contributed by atoms with Crippen molar-refractivity contribution in [3.05, 3.63) is 215 Å². The van der Waals surface area contributed by atoms with Gasteiger partial charge >= 0.3 is 0 Å². The molecular formula is C55H36N2O4. The van der Waals surface area contributed by atoms with E-state index in [-0.39, 0.29) is 24.8 Å². The molecule has 6 nitrogen and oxygen atoms in total. The number of aliphatic hydroxyl groups excluding tert-OH is 2. The third kappa shape index (κ3) is 6.00. The highest BCUT2D eigenvalue weighted by atomic mass is 16.3. The van der Waals surface area contributed by atoms with E-state index in [2.05, 4.69) is 77.4 Å². The molecule has 0 amide bonds. The molecule has 0 atom stereocenters. The first kappa shape index (κ1) is 36.3. The van der Waals surface area contributed by atoms with Crippen molar-refractivity contribution >= 4 is 44.1 Å². The third-order valence-electron chi connectivity index (χ3n) is 12.1. The highest BCUT2D eigenvalue weighted by molar-refractivity contribution is 6.29. The Morgan fingerprint density at radius 3 is 1.43 bits per heavy atom. The van der Waals surface area contributed by atoms with Gasteiger partial charge in [0.1, 0.15) is 5.82 Å². The number of ketones is 2. The summed E-state index contributed by atoms with van der Waals surface area (Å²) in [6.07, 6.45) is 0. The lowest BCUT2D eigenvalue weighted by atomic mass is 9.83. The van der Waals surface area contributed by atoms with Crippen LogP contribution in [0.15, 0.2) is 182 Å². The van der Waals surface area contributed by atoms with Crippen LogP contribution in [0.1, 0.15) is 43.0 Å². The van der Waals surface area contributed by atoms with E-state index in [9.17, 15) is 19.8 Å². The maximum absolute atomic E-state index is 13.6. The summed E-state index contributed by atoms with van der Waals surface area (Å²) in [6.45, 7) is -0.0195. The summed E-state index contributed by atoms with van der Waals surface area (Å²) in [5.41, 5.74) is 13.2. The lowest BCUT2D eigenvalue weighted by molar-refractivity contribution is 0.0979. The summed E-state index contributed by atoms with van der Waals surface area (Å²) in [5.74, 6) is 0.516. The molecule has 0 spiro atoms. The Labute approximate surface area is 351 Å². The van der Waals surface area contributed by atoms with E-state index in [1.807, 2.05) is 78.9 Å². The number of benzene rings is 9. The summed E-state index contributed by atoms with van der Waals surface area (Å²) >= 11 is 0. The first-order valence-corrected chi connectivity index (χ1v) is 20.3. The zero-order valence-corrected chi connectivity index (χ0v) is 32.8. The van der Waals surface area contributed by atoms with Crippen molar-refractivity contribution in [1.29, 1.82) is 0 Å². The van der Waals surface area contributed by atoms with Gasteiger partial charge in [-0.3, -0.25) is 14.2 Å². The van der Waals surface area contributed by atoms with Gasteiger partial charge in [-0.25, -0.2) is 4.98 Å². The quantitative estimate of drug-likeness (QED) is 0.157. The van der Waals surface area contributed by atoms with Gasteiger partial charge in [0.25, 0.3) is 0 Å². The van der Waals surface area contributed by atoms with Crippen molar-refractivity contribution in [3.8, 4) is 50.5 Å². The zero-order valence-electron chi connectivity index (χ0n) is 32.8. The normalized spacial score (nSPS) is 12.3. The smallest absolute Gasteiger partial charge is 0.194 e. The third-order valence-corrected chi connectivity index (χ3v) is 12.1. The van der Waals surface area contributed by atoms with E-state index in [0.717, 1.165) is 94.2 Å². The summed E-state index contributed by atoms with van der Waals surface area (Å²) in [6, 6.07) is 60.3. The highest BCUT2D eigenvalue weighted by Gasteiger charge is 2.29. The number of carbonyl (C=O) groups excluding carboxylic acids is 2. The molecule has 1 aliphatic carbocycles. The summed E-state index contributed by atoms with van der Waals surface area (Å²) in [4.78, 5) is 32.4. The Kier molecular flexibility index (Phi) is 8.63. The number of imidazole rings is 1. The summed E-state index contributed by atoms with van der Waals surface area (Å²) in [7, 11) is 0. The molecule has 1 heterocycles. The fourth-order valence-corrected chi connectivity index (χ4v) is 8.88. The fourth-order valence-electron chi connectivity index (χ4n) is 8.88. The van der Waals surface area contributed by atoms with Gasteiger partial charge in [0.15, 0.2) is 11.6 Å². The molecule has 9 aromatic carbocycles. The number of hydrogen-bond acceptors (Lipinski definition) is 5. The summed E-state index contributed by atoms with van der Waals surface area (Å²) in [5, 5.41) is 23.7. The number of fused-ring (bicyclic) bond motifs is 8. The molecule has 0 bridgehead atoms. The van der Waals surface area contributed by atoms with E-state index in [0.29, 0.717) is 22.3 Å². The van der Waals surface area contributed by atoms with E-state index in [4.69, 9.17) is 4.98 Å². The van der Waals surface area contributed by atoms with Crippen LogP contribution >= 0.6 is 0 Å². The van der Waals surface area contributed by atoms with Crippen molar-refractivity contribution in [2.24, 2.45) is 0 Å². The average molecular weight is 789 g/mol. The van der Waals surface area contributed by atoms with E-state index in [1.165, 1.54) is 0 Å². The van der Waals surface area contributed by atoms with Gasteiger partial charge in [0.05, 0.1) is 24.2 Å². The topological polar surface area (TPSA) is 92.4 Å². The van der Waals surface area contributed by atoms with Crippen molar-refractivity contribution in [2.45, 2.75) is 13.2 Å². The minimum Gasteiger partial charge on any atom is -0.392 e. The predicted molar refractivity (Wildman–Crippen MR) is 243 cm³/mol. The molecule has 6 heteroatoms. The maximum atomic E-state index is 13.6. The van der Waals surface area contributed by atoms with Gasteiger partial charge in [-0.1, -0.05) is 146 Å². The minimum atomic E-state index is -0.141. The number of aromatic nitrogens is 2. The molecule has 1 aliphatic rings. The van der Waals surface area contributed by atoms with Gasteiger partial charge < -0.3 is 10.2 Å². The van der Waals surface area contributed by atoms with E-state index < -0.39 is 0 Å². The molecule has 11 rings (SSSR count). The molecule has 2 N–H and O–H groups in total. The highest BCUT2D eigenvalue weighted by Crippen LogP contribution is 2.42. The number of nitrogens with zero attached hydrogens (tertiary/aromatic N) is 2. The second-order valence-corrected chi connectivity index (χ2v) is 15.6. The molecular weight excluding hydrogens is 753 g/mol. The molecule has 61 heavy (non-hydrogen) atoms. The number of carbonyl (C=O) groups is 2. The van der Waals surface area contributed by atoms with Gasteiger partial charge in [-0.05, 0) is 91.7 Å². The largest absolute Gasteiger partial charge is 0.392 e. The number of para-hydroxylation sites is 1. The van der Waals surface area contributed by atoms with Crippen LogP contribution in [0.3, 0.4) is 0 Å². The lowest BCUT2D eigenvalue weighted by Crippen LogP contribution is -2.20. The molecule has 1 aromatic heterocycles. The zero-order chi connectivity index (χ0) is 41.2. The van der Waals surface area contributed by atoms with Crippen molar-refractivity contribution < 1.29 is 19.8 Å². The molecule has 290 valence electrons. The lowest BCUT2D eigenvalue weighted by Gasteiger charge is -2.18. The molecule has 0 fully saturated rings. The average Bonchev–Trinajstić information content (AvgIpc) is 3.74. The van der Waals surface area contributed by atoms with Crippen LogP contribution in [-0.2, 0) is 13.2 Å². The second-order valence-electron chi connectivity index (χ2n) is 15.6. The molecule has 0 unspecified atom stereocenters. The Morgan fingerprint density at radius 2 is 0.836 bits per heavy atom. The summed E-state index contributed by atoms with van der Waals surface area (Å²) < 4.78 is 2.25. The monoisotopic (exact) mass is 788 g/mol. The van der Waals surface area contributed by atoms with Crippen LogP contribution in [0.25, 0.3) is 83.0 Å². The first-order chi connectivity index (χ1) is 30.0. The number of rotatable bonds is 7. The van der Waals surface area contributed by atoms with Crippen LogP contribution in [0.5, 0.6) is 0 Å². The number of hydrogen-bond donors (Lipinski definition) is 2. The first-order valence-electron chi connectivity index (χ1n) is 20.3. The number of aliphatic hydroxyl groups is 2. The Hall–Kier alpha value is -7.77.